The number of nitrogens with one attached hydrogen (secondary N) is 1. The molecule has 2 aromatic carbocycles. The molecule has 0 saturated carbocycles. The molecule has 0 unspecified atom stereocenters. The molecular weight excluding hydrogens is 428 g/mol. The van der Waals surface area contributed by atoms with Crippen molar-refractivity contribution in [2.45, 2.75) is 26.9 Å². The number of rotatable bonds is 8. The van der Waals surface area contributed by atoms with Gasteiger partial charge in [-0.15, -0.1) is 0 Å². The van der Waals surface area contributed by atoms with Gasteiger partial charge in [-0.1, -0.05) is 17.4 Å². The number of fused-ring (bicyclic) bond motifs is 1. The van der Waals surface area contributed by atoms with Gasteiger partial charge in [0.05, 0.1) is 24.0 Å². The summed E-state index contributed by atoms with van der Waals surface area (Å²) in [6.07, 6.45) is 0.110. The van der Waals surface area contributed by atoms with E-state index in [9.17, 15) is 4.79 Å². The Hall–Kier alpha value is -2.12. The largest absolute Gasteiger partial charge is 1.00 e. The lowest BCUT2D eigenvalue weighted by molar-refractivity contribution is -0.0000147. The van der Waals surface area contributed by atoms with Gasteiger partial charge in [0.1, 0.15) is 17.0 Å². The van der Waals surface area contributed by atoms with Crippen molar-refractivity contribution in [3.05, 3.63) is 48.0 Å². The predicted molar refractivity (Wildman–Crippen MR) is 106 cm³/mol. The number of carbonyl (C=O) groups is 1. The summed E-state index contributed by atoms with van der Waals surface area (Å²) in [7, 11) is 0. The van der Waals surface area contributed by atoms with Gasteiger partial charge in [0.15, 0.2) is 10.9 Å². The summed E-state index contributed by atoms with van der Waals surface area (Å²) in [5, 5.41) is 3.83. The average molecular weight is 450 g/mol. The van der Waals surface area contributed by atoms with E-state index in [1.807, 2.05) is 51.1 Å². The van der Waals surface area contributed by atoms with Crippen molar-refractivity contribution in [3.8, 4) is 11.5 Å². The monoisotopic (exact) mass is 449 g/mol. The molecule has 0 radical (unpaired) electrons. The molecule has 1 N–H and O–H groups in total. The average Bonchev–Trinajstić information content (AvgIpc) is 3.04. The minimum atomic E-state index is 0. The zero-order valence-corrected chi connectivity index (χ0v) is 17.9. The summed E-state index contributed by atoms with van der Waals surface area (Å²) in [5.41, 5.74) is 1.47. The number of ether oxygens (including phenoxy) is 2. The van der Waals surface area contributed by atoms with Crippen molar-refractivity contribution in [1.82, 2.24) is 4.98 Å². The predicted octanol–water partition coefficient (Wildman–Crippen LogP) is 1.78. The Balaban J connectivity index is 0.00000261. The van der Waals surface area contributed by atoms with Gasteiger partial charge in [-0.3, -0.25) is 4.79 Å². The topological polar surface area (TPSA) is 60.5 Å². The molecule has 27 heavy (non-hydrogen) atoms. The van der Waals surface area contributed by atoms with Gasteiger partial charge >= 0.3 is 0 Å². The number of nitrogens with zero attached hydrogens (tertiary/aromatic N) is 1. The van der Waals surface area contributed by atoms with Crippen molar-refractivity contribution < 1.29 is 31.2 Å². The van der Waals surface area contributed by atoms with E-state index < -0.39 is 0 Å². The van der Waals surface area contributed by atoms with Gasteiger partial charge in [-0.05, 0) is 57.2 Å². The zero-order chi connectivity index (χ0) is 18.5. The fraction of sp³-hybridized carbons (Fsp3) is 0.300. The third-order valence-corrected chi connectivity index (χ3v) is 4.61. The van der Waals surface area contributed by atoms with Crippen LogP contribution >= 0.6 is 11.3 Å². The molecule has 0 fully saturated rings. The summed E-state index contributed by atoms with van der Waals surface area (Å²) in [4.78, 5) is 16.9. The van der Waals surface area contributed by atoms with E-state index in [-0.39, 0.29) is 35.4 Å². The number of thiazole rings is 1. The second kappa shape index (κ2) is 9.71. The second-order valence-electron chi connectivity index (χ2n) is 6.02. The number of carbonyl (C=O) groups excluding carboxylic acids is 1. The highest BCUT2D eigenvalue weighted by molar-refractivity contribution is 7.22. The number of ketones is 1. The van der Waals surface area contributed by atoms with Gasteiger partial charge in [-0.25, -0.2) is 4.98 Å². The van der Waals surface area contributed by atoms with Crippen LogP contribution in [0.2, 0.25) is 0 Å². The number of anilines is 1. The van der Waals surface area contributed by atoms with Crippen LogP contribution in [-0.2, 0) is 0 Å². The molecule has 0 aliphatic carbocycles. The molecule has 0 saturated heterocycles. The first kappa shape index (κ1) is 21.2. The van der Waals surface area contributed by atoms with Gasteiger partial charge in [0.2, 0.25) is 0 Å². The Bertz CT molecular complexity index is 894. The number of aromatic nitrogens is 1. The quantitative estimate of drug-likeness (QED) is 0.531. The fourth-order valence-corrected chi connectivity index (χ4v) is 3.40. The van der Waals surface area contributed by atoms with Gasteiger partial charge < -0.3 is 31.8 Å². The van der Waals surface area contributed by atoms with E-state index in [0.29, 0.717) is 17.3 Å². The highest BCUT2D eigenvalue weighted by Crippen LogP contribution is 2.32. The van der Waals surface area contributed by atoms with Crippen LogP contribution in [0.5, 0.6) is 11.5 Å². The molecule has 0 amide bonds. The smallest absolute Gasteiger partial charge is 0.184 e. The maximum Gasteiger partial charge on any atom is 0.184 e. The summed E-state index contributed by atoms with van der Waals surface area (Å²) in [5.74, 6) is 1.53. The minimum absolute atomic E-state index is 0. The van der Waals surface area contributed by atoms with Crippen molar-refractivity contribution in [3.63, 3.8) is 0 Å². The molecule has 0 aliphatic heterocycles. The van der Waals surface area contributed by atoms with E-state index in [1.165, 1.54) is 11.3 Å². The molecule has 5 nitrogen and oxygen atoms in total. The zero-order valence-electron chi connectivity index (χ0n) is 15.5. The molecular formula is C20H22BrN2O3S-. The molecule has 7 heteroatoms. The summed E-state index contributed by atoms with van der Waals surface area (Å²) in [6, 6.07) is 13.1. The van der Waals surface area contributed by atoms with Crippen molar-refractivity contribution in [1.29, 1.82) is 0 Å². The molecule has 0 aliphatic rings. The summed E-state index contributed by atoms with van der Waals surface area (Å²) < 4.78 is 12.2. The van der Waals surface area contributed by atoms with Crippen LogP contribution in [0.4, 0.5) is 5.13 Å². The fourth-order valence-electron chi connectivity index (χ4n) is 2.52. The lowest BCUT2D eigenvalue weighted by Crippen LogP contribution is -3.00. The maximum absolute atomic E-state index is 12.4. The van der Waals surface area contributed by atoms with Crippen LogP contribution in [0.3, 0.4) is 0 Å². The van der Waals surface area contributed by atoms with Crippen molar-refractivity contribution in [2.24, 2.45) is 0 Å². The van der Waals surface area contributed by atoms with Crippen LogP contribution in [0.25, 0.3) is 10.2 Å². The standard InChI is InChI=1S/C20H22N2O3S.BrH/c1-4-24-17-6-5-7-18-19(17)22-20(26-18)21-12-16(23)14-8-10-15(11-9-14)25-13(2)3;/h5-11,13H,4,12H2,1-3H3,(H,21,22);1H/p-1. The molecule has 0 bridgehead atoms. The third kappa shape index (κ3) is 5.43. The Kier molecular flexibility index (Phi) is 7.62. The number of hydrogen-bond acceptors (Lipinski definition) is 6. The van der Waals surface area contributed by atoms with Crippen molar-refractivity contribution >= 4 is 32.5 Å². The number of Topliss-reactive ketones (excluding diaryl/α,β-unsaturated/α-hetero) is 1. The van der Waals surface area contributed by atoms with Crippen LogP contribution < -0.4 is 31.8 Å². The highest BCUT2D eigenvalue weighted by atomic mass is 79.9. The Morgan fingerprint density at radius 3 is 2.59 bits per heavy atom. The van der Waals surface area contributed by atoms with Gasteiger partial charge in [-0.2, -0.15) is 0 Å². The molecule has 1 aromatic heterocycles. The van der Waals surface area contributed by atoms with E-state index in [0.717, 1.165) is 21.7 Å². The van der Waals surface area contributed by atoms with Crippen LogP contribution in [0.15, 0.2) is 42.5 Å². The van der Waals surface area contributed by atoms with Gasteiger partial charge in [0, 0.05) is 5.56 Å². The van der Waals surface area contributed by atoms with E-state index in [4.69, 9.17) is 9.47 Å². The number of benzene rings is 2. The molecule has 3 aromatic rings. The number of halogens is 1. The van der Waals surface area contributed by atoms with E-state index in [1.54, 1.807) is 12.1 Å². The first-order valence-corrected chi connectivity index (χ1v) is 9.44. The maximum atomic E-state index is 12.4. The Morgan fingerprint density at radius 1 is 1.19 bits per heavy atom. The Labute approximate surface area is 173 Å². The third-order valence-electron chi connectivity index (χ3n) is 3.63. The first-order chi connectivity index (χ1) is 12.6. The molecule has 0 spiro atoms. The van der Waals surface area contributed by atoms with Crippen LogP contribution in [0, 0.1) is 0 Å². The number of para-hydroxylation sites is 1. The molecule has 3 rings (SSSR count). The summed E-state index contributed by atoms with van der Waals surface area (Å²) in [6.45, 7) is 6.67. The number of hydrogen-bond donors (Lipinski definition) is 1. The first-order valence-electron chi connectivity index (χ1n) is 8.63. The lowest BCUT2D eigenvalue weighted by Gasteiger charge is -2.09. The summed E-state index contributed by atoms with van der Waals surface area (Å²) >= 11 is 1.51. The molecule has 144 valence electrons. The van der Waals surface area contributed by atoms with Crippen molar-refractivity contribution in [2.75, 3.05) is 18.5 Å². The second-order valence-corrected chi connectivity index (χ2v) is 7.05. The van der Waals surface area contributed by atoms with Crippen LogP contribution in [0.1, 0.15) is 31.1 Å². The normalized spacial score (nSPS) is 10.5. The van der Waals surface area contributed by atoms with Gasteiger partial charge in [0.25, 0.3) is 0 Å². The van der Waals surface area contributed by atoms with E-state index in [2.05, 4.69) is 10.3 Å². The Morgan fingerprint density at radius 2 is 1.93 bits per heavy atom. The van der Waals surface area contributed by atoms with E-state index >= 15 is 0 Å². The lowest BCUT2D eigenvalue weighted by atomic mass is 10.1. The molecule has 0 atom stereocenters. The molecule has 1 heterocycles. The van der Waals surface area contributed by atoms with Crippen LogP contribution in [-0.4, -0.2) is 30.0 Å². The SMILES string of the molecule is CCOc1cccc2sc(NCC(=O)c3ccc(OC(C)C)cc3)nc12.[Br-]. The minimum Gasteiger partial charge on any atom is -1.00 e. The highest BCUT2D eigenvalue weighted by Gasteiger charge is 2.11.